The second-order valence-corrected chi connectivity index (χ2v) is 4.55. The number of halogens is 1. The molecular weight excluding hydrogens is 292 g/mol. The number of hydrogen-bond acceptors (Lipinski definition) is 6. The van der Waals surface area contributed by atoms with E-state index in [2.05, 4.69) is 15.0 Å². The topological polar surface area (TPSA) is 103 Å². The van der Waals surface area contributed by atoms with Gasteiger partial charge in [0.15, 0.2) is 11.2 Å². The van der Waals surface area contributed by atoms with Crippen molar-refractivity contribution in [3.05, 3.63) is 35.1 Å². The maximum absolute atomic E-state index is 8.89. The summed E-state index contributed by atoms with van der Waals surface area (Å²) in [5, 5.41) is 9.26. The number of rotatable bonds is 2. The average Bonchev–Trinajstić information content (AvgIpc) is 2.83. The molecule has 7 nitrogen and oxygen atoms in total. The zero-order chi connectivity index (χ0) is 15.0. The number of fused-ring (bicyclic) bond motifs is 1. The fourth-order valence-electron chi connectivity index (χ4n) is 2.03. The number of nitrogens with zero attached hydrogens (tertiary/aromatic N) is 5. The minimum atomic E-state index is 0.204. The minimum Gasteiger partial charge on any atom is -0.479 e. The molecule has 0 saturated carbocycles. The number of benzene rings is 1. The molecule has 21 heavy (non-hydrogen) atoms. The van der Waals surface area contributed by atoms with Gasteiger partial charge in [0.05, 0.1) is 29.5 Å². The van der Waals surface area contributed by atoms with Gasteiger partial charge in [0, 0.05) is 0 Å². The Kier molecular flexibility index (Phi) is 3.08. The number of anilines is 1. The Morgan fingerprint density at radius 2 is 2.19 bits per heavy atom. The third-order valence-electron chi connectivity index (χ3n) is 2.95. The van der Waals surface area contributed by atoms with Crippen LogP contribution in [0, 0.1) is 11.3 Å². The van der Waals surface area contributed by atoms with E-state index in [1.54, 1.807) is 22.8 Å². The molecule has 0 aliphatic rings. The lowest BCUT2D eigenvalue weighted by Crippen LogP contribution is -2.02. The maximum Gasteiger partial charge on any atom is 0.245 e. The summed E-state index contributed by atoms with van der Waals surface area (Å²) in [6.07, 6.45) is 1.36. The van der Waals surface area contributed by atoms with E-state index < -0.39 is 0 Å². The van der Waals surface area contributed by atoms with Crippen molar-refractivity contribution < 1.29 is 4.74 Å². The largest absolute Gasteiger partial charge is 0.479 e. The quantitative estimate of drug-likeness (QED) is 0.775. The van der Waals surface area contributed by atoms with Crippen LogP contribution in [0.4, 0.5) is 5.95 Å². The van der Waals surface area contributed by atoms with E-state index in [4.69, 9.17) is 27.3 Å². The maximum atomic E-state index is 8.89. The van der Waals surface area contributed by atoms with Gasteiger partial charge in [-0.15, -0.1) is 0 Å². The Morgan fingerprint density at radius 3 is 2.86 bits per heavy atom. The normalized spacial score (nSPS) is 10.5. The van der Waals surface area contributed by atoms with Gasteiger partial charge in [-0.05, 0) is 18.2 Å². The number of ether oxygens (including phenoxy) is 1. The van der Waals surface area contributed by atoms with Crippen LogP contribution in [0.15, 0.2) is 24.5 Å². The van der Waals surface area contributed by atoms with Crippen molar-refractivity contribution in [3.8, 4) is 17.6 Å². The van der Waals surface area contributed by atoms with Crippen molar-refractivity contribution in [1.82, 2.24) is 19.5 Å². The van der Waals surface area contributed by atoms with E-state index in [1.807, 2.05) is 6.07 Å². The van der Waals surface area contributed by atoms with Crippen LogP contribution in [-0.4, -0.2) is 26.6 Å². The van der Waals surface area contributed by atoms with Crippen molar-refractivity contribution in [3.63, 3.8) is 0 Å². The number of nitriles is 1. The van der Waals surface area contributed by atoms with Crippen LogP contribution in [0.25, 0.3) is 16.9 Å². The number of hydrogen-bond donors (Lipinski definition) is 1. The summed E-state index contributed by atoms with van der Waals surface area (Å²) in [6, 6.07) is 6.91. The van der Waals surface area contributed by atoms with Crippen LogP contribution < -0.4 is 10.5 Å². The molecular formula is C13H9ClN6O. The molecule has 0 amide bonds. The van der Waals surface area contributed by atoms with Gasteiger partial charge in [-0.25, -0.2) is 9.97 Å². The lowest BCUT2D eigenvalue weighted by Gasteiger charge is -2.08. The van der Waals surface area contributed by atoms with E-state index in [1.165, 1.54) is 13.4 Å². The molecule has 3 aromatic rings. The summed E-state index contributed by atoms with van der Waals surface area (Å²) < 4.78 is 6.73. The lowest BCUT2D eigenvalue weighted by atomic mass is 10.2. The van der Waals surface area contributed by atoms with Crippen LogP contribution in [0.1, 0.15) is 5.56 Å². The molecule has 2 N–H and O–H groups in total. The predicted molar refractivity (Wildman–Crippen MR) is 77.3 cm³/mol. The summed E-state index contributed by atoms with van der Waals surface area (Å²) in [5.74, 6) is 0.533. The highest BCUT2D eigenvalue weighted by Crippen LogP contribution is 2.30. The number of aromatic nitrogens is 4. The van der Waals surface area contributed by atoms with Crippen LogP contribution in [0.5, 0.6) is 5.88 Å². The molecule has 0 radical (unpaired) electrons. The first-order chi connectivity index (χ1) is 10.2. The zero-order valence-electron chi connectivity index (χ0n) is 10.9. The molecule has 2 heterocycles. The Labute approximate surface area is 124 Å². The molecule has 0 unspecified atom stereocenters. The first kappa shape index (κ1) is 13.1. The Balaban J connectivity index is 2.31. The summed E-state index contributed by atoms with van der Waals surface area (Å²) in [4.78, 5) is 12.4. The number of nitrogens with two attached hydrogens (primary N) is 1. The van der Waals surface area contributed by atoms with Gasteiger partial charge in [-0.3, -0.25) is 4.57 Å². The molecule has 1 aromatic carbocycles. The van der Waals surface area contributed by atoms with Gasteiger partial charge < -0.3 is 10.5 Å². The van der Waals surface area contributed by atoms with Crippen molar-refractivity contribution in [1.29, 1.82) is 5.26 Å². The van der Waals surface area contributed by atoms with Gasteiger partial charge in [-0.1, -0.05) is 11.6 Å². The van der Waals surface area contributed by atoms with Crippen molar-refractivity contribution in [2.24, 2.45) is 0 Å². The molecule has 104 valence electrons. The van der Waals surface area contributed by atoms with Gasteiger partial charge in [0.25, 0.3) is 0 Å². The van der Waals surface area contributed by atoms with Crippen molar-refractivity contribution >= 4 is 28.7 Å². The van der Waals surface area contributed by atoms with Crippen LogP contribution >= 0.6 is 11.6 Å². The van der Waals surface area contributed by atoms with Crippen LogP contribution in [0.2, 0.25) is 5.02 Å². The highest BCUT2D eigenvalue weighted by molar-refractivity contribution is 6.32. The van der Waals surface area contributed by atoms with E-state index in [0.717, 1.165) is 0 Å². The predicted octanol–water partition coefficient (Wildman–Crippen LogP) is 1.93. The van der Waals surface area contributed by atoms with Crippen molar-refractivity contribution in [2.75, 3.05) is 12.8 Å². The summed E-state index contributed by atoms with van der Waals surface area (Å²) in [7, 11) is 1.49. The highest BCUT2D eigenvalue weighted by Gasteiger charge is 2.17. The number of imidazole rings is 1. The molecule has 8 heteroatoms. The molecule has 0 atom stereocenters. The second kappa shape index (κ2) is 4.92. The second-order valence-electron chi connectivity index (χ2n) is 4.14. The first-order valence-corrected chi connectivity index (χ1v) is 6.26. The smallest absolute Gasteiger partial charge is 0.245 e. The van der Waals surface area contributed by atoms with Crippen LogP contribution in [-0.2, 0) is 0 Å². The van der Waals surface area contributed by atoms with Gasteiger partial charge in [0.1, 0.15) is 6.33 Å². The van der Waals surface area contributed by atoms with E-state index >= 15 is 0 Å². The molecule has 0 aliphatic heterocycles. The third kappa shape index (κ3) is 2.02. The summed E-state index contributed by atoms with van der Waals surface area (Å²) >= 11 is 6.22. The van der Waals surface area contributed by atoms with E-state index in [-0.39, 0.29) is 5.95 Å². The van der Waals surface area contributed by atoms with Gasteiger partial charge >= 0.3 is 0 Å². The van der Waals surface area contributed by atoms with Crippen LogP contribution in [0.3, 0.4) is 0 Å². The molecule has 0 spiro atoms. The molecule has 3 rings (SSSR count). The molecule has 2 aromatic heterocycles. The Hall–Kier alpha value is -2.85. The molecule has 0 aliphatic carbocycles. The average molecular weight is 301 g/mol. The summed E-state index contributed by atoms with van der Waals surface area (Å²) in [6.45, 7) is 0. The zero-order valence-corrected chi connectivity index (χ0v) is 11.7. The first-order valence-electron chi connectivity index (χ1n) is 5.88. The van der Waals surface area contributed by atoms with Gasteiger partial charge in [-0.2, -0.15) is 10.2 Å². The summed E-state index contributed by atoms with van der Waals surface area (Å²) in [5.41, 5.74) is 7.91. The number of methoxy groups -OCH3 is 1. The number of nitrogen functional groups attached to an aromatic ring is 1. The fourth-order valence-corrected chi connectivity index (χ4v) is 2.30. The molecule has 0 fully saturated rings. The third-order valence-corrected chi connectivity index (χ3v) is 3.25. The van der Waals surface area contributed by atoms with Gasteiger partial charge in [0.2, 0.25) is 11.8 Å². The Morgan fingerprint density at radius 1 is 1.38 bits per heavy atom. The van der Waals surface area contributed by atoms with E-state index in [0.29, 0.717) is 33.3 Å². The fraction of sp³-hybridized carbons (Fsp3) is 0.0769. The molecule has 0 saturated heterocycles. The standard InChI is InChI=1S/C13H9ClN6O/c1-21-12-10-11(17-6-18-12)20(13(16)19-10)9-3-2-7(5-15)4-8(9)14/h2-4,6H,1H3,(H2,16,19). The lowest BCUT2D eigenvalue weighted by molar-refractivity contribution is 0.401. The molecule has 0 bridgehead atoms. The SMILES string of the molecule is COc1ncnc2c1nc(N)n2-c1ccc(C#N)cc1Cl. The van der Waals surface area contributed by atoms with Crippen molar-refractivity contribution in [2.45, 2.75) is 0 Å². The van der Waals surface area contributed by atoms with E-state index in [9.17, 15) is 0 Å². The Bertz CT molecular complexity index is 882. The monoisotopic (exact) mass is 300 g/mol. The highest BCUT2D eigenvalue weighted by atomic mass is 35.5. The minimum absolute atomic E-state index is 0.204.